The fourth-order valence-electron chi connectivity index (χ4n) is 7.23. The zero-order valence-electron chi connectivity index (χ0n) is 46.8. The van der Waals surface area contributed by atoms with Crippen molar-refractivity contribution in [2.24, 2.45) is 10.8 Å². The monoisotopic (exact) mass is 1010 g/mol. The first-order chi connectivity index (χ1) is 28.6. The van der Waals surface area contributed by atoms with Crippen molar-refractivity contribution < 1.29 is 18.6 Å². The van der Waals surface area contributed by atoms with Gasteiger partial charge < -0.3 is 9.05 Å². The first kappa shape index (κ1) is 65.4. The Hall–Kier alpha value is 1.36. The van der Waals surface area contributed by atoms with E-state index in [1.54, 1.807) is 0 Å². The van der Waals surface area contributed by atoms with Crippen LogP contribution in [0.25, 0.3) is 0 Å². The predicted octanol–water partition coefficient (Wildman–Crippen LogP) is 15.9. The van der Waals surface area contributed by atoms with Gasteiger partial charge in [0.15, 0.2) is 27.1 Å². The third kappa shape index (κ3) is 23.5. The Morgan fingerprint density at radius 2 is 0.781 bits per heavy atom. The van der Waals surface area contributed by atoms with E-state index in [0.29, 0.717) is 36.8 Å². The van der Waals surface area contributed by atoms with Crippen molar-refractivity contribution in [1.82, 2.24) is 18.7 Å². The number of rotatable bonds is 29. The van der Waals surface area contributed by atoms with Crippen molar-refractivity contribution in [3.8, 4) is 0 Å². The van der Waals surface area contributed by atoms with Gasteiger partial charge in [-0.05, 0) is 165 Å². The summed E-state index contributed by atoms with van der Waals surface area (Å²) < 4.78 is 24.8. The molecule has 0 aromatic carbocycles. The third-order valence-electron chi connectivity index (χ3n) is 10.4. The van der Waals surface area contributed by atoms with Gasteiger partial charge >= 0.3 is 0 Å². The molecule has 0 spiro atoms. The van der Waals surface area contributed by atoms with Crippen LogP contribution in [0.2, 0.25) is 0 Å². The van der Waals surface area contributed by atoms with Gasteiger partial charge in [-0.3, -0.25) is 9.59 Å². The van der Waals surface area contributed by atoms with E-state index in [1.165, 1.54) is 23.5 Å². The van der Waals surface area contributed by atoms with Crippen LogP contribution in [0.3, 0.4) is 0 Å². The number of nitrogens with zero attached hydrogens (tertiary/aromatic N) is 4. The van der Waals surface area contributed by atoms with Crippen LogP contribution in [0.4, 0.5) is 0 Å². The minimum atomic E-state index is -1.12. The minimum absolute atomic E-state index is 0.135. The molecule has 0 aliphatic rings. The maximum absolute atomic E-state index is 13.0. The van der Waals surface area contributed by atoms with Crippen LogP contribution in [-0.4, -0.2) is 121 Å². The molecule has 8 nitrogen and oxygen atoms in total. The van der Waals surface area contributed by atoms with Crippen LogP contribution in [0.1, 0.15) is 207 Å². The van der Waals surface area contributed by atoms with Gasteiger partial charge in [-0.2, -0.15) is 23.5 Å². The summed E-state index contributed by atoms with van der Waals surface area (Å²) in [6.07, 6.45) is 2.07. The highest BCUT2D eigenvalue weighted by Gasteiger charge is 2.42. The van der Waals surface area contributed by atoms with Gasteiger partial charge in [0.05, 0.1) is 12.2 Å². The molecule has 0 radical (unpaired) electrons. The van der Waals surface area contributed by atoms with E-state index < -0.39 is 16.9 Å². The van der Waals surface area contributed by atoms with Crippen LogP contribution in [0.15, 0.2) is 0 Å². The molecule has 0 fully saturated rings. The zero-order chi connectivity index (χ0) is 50.7. The van der Waals surface area contributed by atoms with Gasteiger partial charge in [0.25, 0.3) is 0 Å². The molecule has 0 saturated carbocycles. The SMILES string of the molecule is CC(C)N(C(C)C)P(OCC(C)(C)SCC(C)(C)SC(=O)C(C)(C)C)N(C(C)C)C(C)CCC(C)N(C(C)C)P(OC(C)(C)CSCC(C)(C)SC(=O)C(C)(C)C)N(C(C)C)C(C)C. The van der Waals surface area contributed by atoms with Crippen molar-refractivity contribution >= 4 is 74.2 Å². The van der Waals surface area contributed by atoms with Gasteiger partial charge in [-0.1, -0.05) is 65.1 Å². The molecule has 4 unspecified atom stereocenters. The van der Waals surface area contributed by atoms with E-state index in [4.69, 9.17) is 9.05 Å². The normalized spacial score (nSPS) is 16.3. The second-order valence-corrected chi connectivity index (χ2v) is 33.7. The van der Waals surface area contributed by atoms with E-state index >= 15 is 0 Å². The molecule has 0 rings (SSSR count). The molecule has 0 bridgehead atoms. The summed E-state index contributed by atoms with van der Waals surface area (Å²) in [5, 5.41) is 0.490. The van der Waals surface area contributed by atoms with Crippen molar-refractivity contribution in [2.45, 2.75) is 275 Å². The molecule has 64 heavy (non-hydrogen) atoms. The van der Waals surface area contributed by atoms with Crippen LogP contribution in [0.5, 0.6) is 0 Å². The molecule has 0 aromatic heterocycles. The van der Waals surface area contributed by atoms with Crippen LogP contribution < -0.4 is 0 Å². The third-order valence-corrected chi connectivity index (χ3v) is 23.5. The Balaban J connectivity index is 6.59. The van der Waals surface area contributed by atoms with Gasteiger partial charge in [-0.15, -0.1) is 0 Å². The van der Waals surface area contributed by atoms with Crippen molar-refractivity contribution in [1.29, 1.82) is 0 Å². The van der Waals surface area contributed by atoms with Crippen LogP contribution in [-0.2, 0) is 18.6 Å². The molecule has 382 valence electrons. The molecule has 0 aliphatic carbocycles. The Labute approximate surface area is 418 Å². The topological polar surface area (TPSA) is 65.6 Å². The Morgan fingerprint density at radius 1 is 0.453 bits per heavy atom. The maximum Gasteiger partial charge on any atom is 0.194 e. The maximum atomic E-state index is 13.0. The summed E-state index contributed by atoms with van der Waals surface area (Å²) in [6, 6.07) is 2.41. The standard InChI is InChI=1S/C50H104N4O4P2S4/c1-35(2)51(36(3)4)59(57-31-48(23,24)62-34-50(27,28)64-44(56)46(18,19)20)53(39(9)10)41(13)29-30-42(14)54(40(11)12)60(52(37(5)6)38(7)8)58-47(21,22)32-61-33-49(25,26)63-43(55)45(15,16)17/h35-42H,29-34H2,1-28H3. The molecular weight excluding hydrogens is 911 g/mol. The quantitative estimate of drug-likeness (QED) is 0.0671. The molecule has 0 amide bonds. The van der Waals surface area contributed by atoms with E-state index in [1.807, 2.05) is 65.1 Å². The highest BCUT2D eigenvalue weighted by molar-refractivity contribution is 8.16. The van der Waals surface area contributed by atoms with Crippen molar-refractivity contribution in [2.75, 3.05) is 23.9 Å². The molecule has 14 heteroatoms. The molecule has 0 heterocycles. The van der Waals surface area contributed by atoms with Crippen LogP contribution in [0, 0.1) is 10.8 Å². The average Bonchev–Trinajstić information content (AvgIpc) is 3.06. The van der Waals surface area contributed by atoms with Gasteiger partial charge in [0.1, 0.15) is 0 Å². The van der Waals surface area contributed by atoms with Gasteiger partial charge in [0.2, 0.25) is 0 Å². The highest BCUT2D eigenvalue weighted by atomic mass is 32.2. The number of thioether (sulfide) groups is 4. The lowest BCUT2D eigenvalue weighted by Crippen LogP contribution is -2.47. The van der Waals surface area contributed by atoms with Crippen molar-refractivity contribution in [3.63, 3.8) is 0 Å². The molecule has 0 saturated heterocycles. The first-order valence-electron chi connectivity index (χ1n) is 24.3. The second kappa shape index (κ2) is 27.3. The summed E-state index contributed by atoms with van der Waals surface area (Å²) in [7, 11) is -2.21. The molecule has 0 aromatic rings. The fraction of sp³-hybridized carbons (Fsp3) is 0.960. The van der Waals surface area contributed by atoms with Gasteiger partial charge in [-0.25, -0.2) is 18.7 Å². The summed E-state index contributed by atoms with van der Waals surface area (Å²) in [4.78, 5) is 25.9. The minimum Gasteiger partial charge on any atom is -0.330 e. The molecule has 4 atom stereocenters. The first-order valence-corrected chi connectivity index (χ1v) is 30.4. The van der Waals surface area contributed by atoms with E-state index in [2.05, 4.69) is 171 Å². The number of hydrogen-bond donors (Lipinski definition) is 0. The van der Waals surface area contributed by atoms with Crippen molar-refractivity contribution in [3.05, 3.63) is 0 Å². The largest absolute Gasteiger partial charge is 0.330 e. The summed E-state index contributed by atoms with van der Waals surface area (Å²) in [5.41, 5.74) is -1.09. The number of hydrogen-bond acceptors (Lipinski definition) is 12. The van der Waals surface area contributed by atoms with E-state index in [0.717, 1.165) is 30.1 Å². The smallest absolute Gasteiger partial charge is 0.194 e. The summed E-state index contributed by atoms with van der Waals surface area (Å²) >= 11 is 6.79. The Kier molecular flexibility index (Phi) is 27.8. The number of carbonyl (C=O) groups excluding carboxylic acids is 2. The number of carbonyl (C=O) groups is 2. The Bertz CT molecular complexity index is 1370. The van der Waals surface area contributed by atoms with Crippen LogP contribution >= 0.6 is 63.9 Å². The lowest BCUT2D eigenvalue weighted by Gasteiger charge is -2.49. The summed E-state index contributed by atoms with van der Waals surface area (Å²) in [5.74, 6) is 2.59. The molecular formula is C50H104N4O4P2S4. The zero-order valence-corrected chi connectivity index (χ0v) is 51.9. The fourth-order valence-corrected chi connectivity index (χ4v) is 17.1. The highest BCUT2D eigenvalue weighted by Crippen LogP contribution is 2.56. The lowest BCUT2D eigenvalue weighted by atomic mass is 9.99. The predicted molar refractivity (Wildman–Crippen MR) is 297 cm³/mol. The second-order valence-electron chi connectivity index (χ2n) is 24.3. The molecule has 0 N–H and O–H groups in total. The molecule has 0 aliphatic heterocycles. The lowest BCUT2D eigenvalue weighted by molar-refractivity contribution is -0.118. The summed E-state index contributed by atoms with van der Waals surface area (Å²) in [6.45, 7) is 63.2. The van der Waals surface area contributed by atoms with E-state index in [9.17, 15) is 9.59 Å². The van der Waals surface area contributed by atoms with E-state index in [-0.39, 0.29) is 59.0 Å². The Morgan fingerprint density at radius 3 is 1.12 bits per heavy atom. The van der Waals surface area contributed by atoms with Gasteiger partial charge in [0, 0.05) is 90.7 Å². The average molecular weight is 1020 g/mol.